The predicted molar refractivity (Wildman–Crippen MR) is 159 cm³/mol. The number of thioether (sulfide) groups is 1. The van der Waals surface area contributed by atoms with Gasteiger partial charge in [0, 0.05) is 18.8 Å². The van der Waals surface area contributed by atoms with Gasteiger partial charge in [0.25, 0.3) is 5.91 Å². The lowest BCUT2D eigenvalue weighted by molar-refractivity contribution is -0.155. The minimum Gasteiger partial charge on any atom is -0.479 e. The molecule has 4 rings (SSSR count). The summed E-state index contributed by atoms with van der Waals surface area (Å²) in [5.74, 6) is -1.14. The van der Waals surface area contributed by atoms with Gasteiger partial charge in [0.15, 0.2) is 0 Å². The summed E-state index contributed by atoms with van der Waals surface area (Å²) in [5.41, 5.74) is 0.445. The standard InChI is InChI=1S/C32H40N2O5S/c1-30(2,3)39-29(38)33-32(28(36)37)19-11-6-4-5-7-12-22-40-31(20-21-34(23-31)27(32)35)26-17-15-25(16-18-26)24-13-9-8-10-14-24/h7-10,12-18H,4-6,11,19-23H2,1-3H3,(H,33,38)(H,36,37)/t31-,32-/m0/s1. The van der Waals surface area contributed by atoms with E-state index in [9.17, 15) is 19.5 Å². The summed E-state index contributed by atoms with van der Waals surface area (Å²) >= 11 is 1.78. The van der Waals surface area contributed by atoms with Crippen molar-refractivity contribution in [3.8, 4) is 11.1 Å². The fourth-order valence-corrected chi connectivity index (χ4v) is 6.77. The fourth-order valence-electron chi connectivity index (χ4n) is 5.43. The Kier molecular flexibility index (Phi) is 9.29. The molecule has 214 valence electrons. The van der Waals surface area contributed by atoms with E-state index in [1.54, 1.807) is 37.4 Å². The molecule has 2 amide bonds. The van der Waals surface area contributed by atoms with Crippen molar-refractivity contribution in [3.63, 3.8) is 0 Å². The van der Waals surface area contributed by atoms with E-state index in [1.165, 1.54) is 0 Å². The van der Waals surface area contributed by atoms with Crippen molar-refractivity contribution in [2.24, 2.45) is 0 Å². The van der Waals surface area contributed by atoms with Crippen LogP contribution < -0.4 is 5.32 Å². The third-order valence-corrected chi connectivity index (χ3v) is 9.01. The third-order valence-electron chi connectivity index (χ3n) is 7.53. The number of allylic oxidation sites excluding steroid dienone is 1. The van der Waals surface area contributed by atoms with Crippen LogP contribution in [-0.4, -0.2) is 58.0 Å². The Hall–Kier alpha value is -3.26. The maximum Gasteiger partial charge on any atom is 0.408 e. The van der Waals surface area contributed by atoms with Gasteiger partial charge >= 0.3 is 12.1 Å². The Balaban J connectivity index is 1.67. The van der Waals surface area contributed by atoms with Crippen LogP contribution in [0.4, 0.5) is 4.79 Å². The zero-order chi connectivity index (χ0) is 28.8. The normalized spacial score (nSPS) is 24.3. The van der Waals surface area contributed by atoms with Crippen molar-refractivity contribution in [1.82, 2.24) is 10.2 Å². The summed E-state index contributed by atoms with van der Waals surface area (Å²) in [7, 11) is 0. The lowest BCUT2D eigenvalue weighted by atomic mass is 9.90. The lowest BCUT2D eigenvalue weighted by Crippen LogP contribution is -2.64. The van der Waals surface area contributed by atoms with E-state index in [-0.39, 0.29) is 6.42 Å². The van der Waals surface area contributed by atoms with Crippen LogP contribution in [0.15, 0.2) is 66.7 Å². The van der Waals surface area contributed by atoms with Crippen LogP contribution in [0.25, 0.3) is 11.1 Å². The van der Waals surface area contributed by atoms with E-state index in [2.05, 4.69) is 53.9 Å². The highest BCUT2D eigenvalue weighted by Crippen LogP contribution is 2.46. The van der Waals surface area contributed by atoms with Gasteiger partial charge in [0.05, 0.1) is 4.75 Å². The number of ether oxygens (including phenoxy) is 1. The Morgan fingerprint density at radius 1 is 0.950 bits per heavy atom. The fraction of sp³-hybridized carbons (Fsp3) is 0.469. The molecule has 8 heteroatoms. The monoisotopic (exact) mass is 564 g/mol. The predicted octanol–water partition coefficient (Wildman–Crippen LogP) is 6.38. The molecule has 0 saturated carbocycles. The summed E-state index contributed by atoms with van der Waals surface area (Å²) in [4.78, 5) is 41.3. The van der Waals surface area contributed by atoms with E-state index in [0.717, 1.165) is 41.7 Å². The molecular weight excluding hydrogens is 524 g/mol. The van der Waals surface area contributed by atoms with Crippen LogP contribution in [0.1, 0.15) is 64.9 Å². The highest BCUT2D eigenvalue weighted by Gasteiger charge is 2.53. The molecule has 0 aromatic heterocycles. The van der Waals surface area contributed by atoms with Crippen LogP contribution in [-0.2, 0) is 19.1 Å². The highest BCUT2D eigenvalue weighted by molar-refractivity contribution is 8.00. The number of hydrogen-bond acceptors (Lipinski definition) is 5. The van der Waals surface area contributed by atoms with Crippen molar-refractivity contribution in [2.75, 3.05) is 18.8 Å². The number of hydrogen-bond donors (Lipinski definition) is 2. The van der Waals surface area contributed by atoms with Gasteiger partial charge in [-0.2, -0.15) is 0 Å². The van der Waals surface area contributed by atoms with Gasteiger partial charge < -0.3 is 14.7 Å². The molecule has 0 unspecified atom stereocenters. The number of nitrogens with zero attached hydrogens (tertiary/aromatic N) is 1. The van der Waals surface area contributed by atoms with Gasteiger partial charge in [-0.3, -0.25) is 10.1 Å². The molecule has 2 heterocycles. The molecule has 0 aliphatic carbocycles. The number of fused-ring (bicyclic) bond motifs is 2. The zero-order valence-electron chi connectivity index (χ0n) is 23.7. The second-order valence-corrected chi connectivity index (χ2v) is 13.0. The average molecular weight is 565 g/mol. The first-order valence-electron chi connectivity index (χ1n) is 14.0. The van der Waals surface area contributed by atoms with E-state index in [4.69, 9.17) is 4.74 Å². The topological polar surface area (TPSA) is 95.9 Å². The third kappa shape index (κ3) is 6.89. The summed E-state index contributed by atoms with van der Waals surface area (Å²) in [6.45, 7) is 5.88. The number of nitrogens with one attached hydrogen (secondary N) is 1. The van der Waals surface area contributed by atoms with Crippen LogP contribution >= 0.6 is 11.8 Å². The molecule has 2 bridgehead atoms. The zero-order valence-corrected chi connectivity index (χ0v) is 24.5. The van der Waals surface area contributed by atoms with Gasteiger partial charge in [-0.05, 0) is 69.6 Å². The largest absolute Gasteiger partial charge is 0.479 e. The minimum absolute atomic E-state index is 0.00649. The number of carbonyl (C=O) groups is 3. The van der Waals surface area contributed by atoms with E-state index in [1.807, 2.05) is 18.2 Å². The van der Waals surface area contributed by atoms with Crippen LogP contribution in [0.3, 0.4) is 0 Å². The molecule has 40 heavy (non-hydrogen) atoms. The number of carboxylic acids is 1. The van der Waals surface area contributed by atoms with Gasteiger partial charge in [-0.25, -0.2) is 9.59 Å². The molecule has 7 nitrogen and oxygen atoms in total. The second-order valence-electron chi connectivity index (χ2n) is 11.6. The quantitative estimate of drug-likeness (QED) is 0.330. The van der Waals surface area contributed by atoms with Crippen LogP contribution in [0, 0.1) is 0 Å². The molecule has 0 spiro atoms. The summed E-state index contributed by atoms with van der Waals surface area (Å²) in [5, 5.41) is 12.9. The second kappa shape index (κ2) is 12.5. The first-order valence-corrected chi connectivity index (χ1v) is 15.0. The number of carbonyl (C=O) groups excluding carboxylic acids is 2. The van der Waals surface area contributed by atoms with Gasteiger partial charge in [0.1, 0.15) is 5.60 Å². The first-order chi connectivity index (χ1) is 19.0. The van der Waals surface area contributed by atoms with Crippen LogP contribution in [0.2, 0.25) is 0 Å². The Labute approximate surface area is 241 Å². The van der Waals surface area contributed by atoms with E-state index < -0.39 is 33.9 Å². The Morgan fingerprint density at radius 2 is 1.65 bits per heavy atom. The maximum atomic E-state index is 14.1. The molecule has 0 radical (unpaired) electrons. The number of alkyl carbamates (subject to hydrolysis) is 1. The van der Waals surface area contributed by atoms with E-state index in [0.29, 0.717) is 25.9 Å². The smallest absolute Gasteiger partial charge is 0.408 e. The molecule has 2 aliphatic rings. The number of rotatable bonds is 4. The molecule has 2 aliphatic heterocycles. The molecule has 2 N–H and O–H groups in total. The van der Waals surface area contributed by atoms with Crippen molar-refractivity contribution < 1.29 is 24.2 Å². The lowest BCUT2D eigenvalue weighted by Gasteiger charge is -2.35. The summed E-state index contributed by atoms with van der Waals surface area (Å²) < 4.78 is 5.00. The molecule has 2 aromatic carbocycles. The van der Waals surface area contributed by atoms with Crippen molar-refractivity contribution in [2.45, 2.75) is 75.2 Å². The molecule has 1 fully saturated rings. The van der Waals surface area contributed by atoms with Crippen LogP contribution in [0.5, 0.6) is 0 Å². The molecule has 2 atom stereocenters. The van der Waals surface area contributed by atoms with Gasteiger partial charge in [0.2, 0.25) is 5.54 Å². The average Bonchev–Trinajstić information content (AvgIpc) is 3.35. The summed E-state index contributed by atoms with van der Waals surface area (Å²) in [6.07, 6.45) is 7.20. The van der Waals surface area contributed by atoms with E-state index >= 15 is 0 Å². The number of benzene rings is 2. The summed E-state index contributed by atoms with van der Waals surface area (Å²) in [6, 6.07) is 18.6. The minimum atomic E-state index is -2.08. The number of amides is 2. The molecular formula is C32H40N2O5S. The maximum absolute atomic E-state index is 14.1. The number of aliphatic carboxylic acids is 1. The van der Waals surface area contributed by atoms with Gasteiger partial charge in [-0.15, -0.1) is 11.8 Å². The van der Waals surface area contributed by atoms with Gasteiger partial charge in [-0.1, -0.05) is 73.2 Å². The molecule has 1 saturated heterocycles. The van der Waals surface area contributed by atoms with Crippen molar-refractivity contribution >= 4 is 29.7 Å². The SMILES string of the molecule is CC(C)(C)OC(=O)N[C@@]1(C(=O)O)CCCCCC=CCS[C@@]2(c3ccc(-c4ccccc4)cc3)CCN(C2)C1=O. The Bertz CT molecular complexity index is 1220. The first kappa shape index (κ1) is 29.7. The number of carboxylic acid groups (broad SMARTS) is 1. The van der Waals surface area contributed by atoms with Crippen molar-refractivity contribution in [3.05, 3.63) is 72.3 Å². The molecule has 2 aromatic rings. The Morgan fingerprint density at radius 3 is 2.33 bits per heavy atom. The highest BCUT2D eigenvalue weighted by atomic mass is 32.2. The van der Waals surface area contributed by atoms with Crippen molar-refractivity contribution in [1.29, 1.82) is 0 Å².